The second-order valence-electron chi connectivity index (χ2n) is 4.18. The number of nitrogens with zero attached hydrogens (tertiary/aromatic N) is 2. The fourth-order valence-electron chi connectivity index (χ4n) is 1.80. The molecule has 0 fully saturated rings. The molecule has 0 unspecified atom stereocenters. The Kier molecular flexibility index (Phi) is 5.32. The van der Waals surface area contributed by atoms with Crippen LogP contribution in [0.15, 0.2) is 36.5 Å². The highest BCUT2D eigenvalue weighted by Gasteiger charge is 2.03. The summed E-state index contributed by atoms with van der Waals surface area (Å²) in [6.07, 6.45) is 1.67. The van der Waals surface area contributed by atoms with E-state index in [1.165, 1.54) is 11.1 Å². The highest BCUT2D eigenvalue weighted by atomic mass is 16.5. The summed E-state index contributed by atoms with van der Waals surface area (Å²) in [5, 5.41) is 3.19. The van der Waals surface area contributed by atoms with E-state index in [0.717, 1.165) is 0 Å². The van der Waals surface area contributed by atoms with Gasteiger partial charge in [0.25, 0.3) is 0 Å². The van der Waals surface area contributed by atoms with Crippen LogP contribution >= 0.6 is 0 Å². The van der Waals surface area contributed by atoms with E-state index in [-0.39, 0.29) is 0 Å². The summed E-state index contributed by atoms with van der Waals surface area (Å²) in [6.45, 7) is 3.97. The van der Waals surface area contributed by atoms with Gasteiger partial charge in [0.1, 0.15) is 0 Å². The fraction of sp³-hybridized carbons (Fsp3) is 0.333. The van der Waals surface area contributed by atoms with Crippen LogP contribution in [0.25, 0.3) is 0 Å². The lowest BCUT2D eigenvalue weighted by Gasteiger charge is -2.10. The van der Waals surface area contributed by atoms with E-state index in [0.29, 0.717) is 31.6 Å². The molecule has 0 bridgehead atoms. The summed E-state index contributed by atoms with van der Waals surface area (Å²) in [6, 6.07) is 9.88. The van der Waals surface area contributed by atoms with Gasteiger partial charge in [0.15, 0.2) is 0 Å². The molecular weight excluding hydrogens is 254 g/mol. The van der Waals surface area contributed by atoms with E-state index < -0.39 is 0 Å². The van der Waals surface area contributed by atoms with Gasteiger partial charge < -0.3 is 14.8 Å². The highest BCUT2D eigenvalue weighted by Crippen LogP contribution is 2.13. The number of aromatic nitrogens is 2. The first-order valence-electron chi connectivity index (χ1n) is 6.59. The molecule has 106 valence electrons. The summed E-state index contributed by atoms with van der Waals surface area (Å²) in [7, 11) is 1.59. The summed E-state index contributed by atoms with van der Waals surface area (Å²) >= 11 is 0. The number of hydrogen-bond donors (Lipinski definition) is 1. The zero-order valence-electron chi connectivity index (χ0n) is 11.8. The molecule has 1 aromatic carbocycles. The van der Waals surface area contributed by atoms with Crippen molar-refractivity contribution < 1.29 is 9.47 Å². The fourth-order valence-corrected chi connectivity index (χ4v) is 1.80. The van der Waals surface area contributed by atoms with Crippen molar-refractivity contribution in [2.24, 2.45) is 0 Å². The Morgan fingerprint density at radius 2 is 1.95 bits per heavy atom. The van der Waals surface area contributed by atoms with E-state index in [9.17, 15) is 0 Å². The van der Waals surface area contributed by atoms with Crippen LogP contribution in [0.1, 0.15) is 18.1 Å². The predicted molar refractivity (Wildman–Crippen MR) is 77.7 cm³/mol. The van der Waals surface area contributed by atoms with Crippen LogP contribution in [0, 0.1) is 0 Å². The van der Waals surface area contributed by atoms with E-state index in [4.69, 9.17) is 9.47 Å². The number of hydrogen-bond acceptors (Lipinski definition) is 5. The molecule has 5 nitrogen and oxygen atoms in total. The third-order valence-electron chi connectivity index (χ3n) is 2.86. The van der Waals surface area contributed by atoms with Crippen LogP contribution in [-0.2, 0) is 17.9 Å². The maximum absolute atomic E-state index is 5.47. The third kappa shape index (κ3) is 3.93. The van der Waals surface area contributed by atoms with Gasteiger partial charge in [0.05, 0.1) is 13.7 Å². The molecule has 5 heteroatoms. The maximum Gasteiger partial charge on any atom is 0.226 e. The van der Waals surface area contributed by atoms with Gasteiger partial charge in [-0.1, -0.05) is 24.3 Å². The first-order chi connectivity index (χ1) is 9.83. The molecule has 2 aromatic rings. The van der Waals surface area contributed by atoms with Crippen molar-refractivity contribution in [2.75, 3.05) is 19.0 Å². The second kappa shape index (κ2) is 7.45. The van der Waals surface area contributed by atoms with Gasteiger partial charge in [0.2, 0.25) is 11.8 Å². The summed E-state index contributed by atoms with van der Waals surface area (Å²) in [5.74, 6) is 1.10. The van der Waals surface area contributed by atoms with Crippen molar-refractivity contribution in [1.29, 1.82) is 0 Å². The lowest BCUT2D eigenvalue weighted by molar-refractivity contribution is 0.133. The molecule has 0 saturated heterocycles. The van der Waals surface area contributed by atoms with Crippen molar-refractivity contribution in [1.82, 2.24) is 9.97 Å². The van der Waals surface area contributed by atoms with Crippen LogP contribution in [0.2, 0.25) is 0 Å². The molecule has 1 aromatic heterocycles. The van der Waals surface area contributed by atoms with E-state index in [1.807, 2.05) is 19.1 Å². The zero-order valence-corrected chi connectivity index (χ0v) is 11.8. The zero-order chi connectivity index (χ0) is 14.2. The Balaban J connectivity index is 2.02. The minimum Gasteiger partial charge on any atom is -0.481 e. The second-order valence-corrected chi connectivity index (χ2v) is 4.18. The molecule has 0 aliphatic carbocycles. The van der Waals surface area contributed by atoms with Gasteiger partial charge in [-0.3, -0.25) is 0 Å². The van der Waals surface area contributed by atoms with Crippen LogP contribution < -0.4 is 10.1 Å². The average Bonchev–Trinajstić information content (AvgIpc) is 2.52. The Morgan fingerprint density at radius 1 is 1.15 bits per heavy atom. The standard InChI is InChI=1S/C15H19N3O2/c1-3-20-11-13-7-5-4-6-12(13)10-17-15-16-9-8-14(18-15)19-2/h4-9H,3,10-11H2,1-2H3,(H,16,17,18). The number of nitrogens with one attached hydrogen (secondary N) is 1. The number of ether oxygens (including phenoxy) is 2. The Hall–Kier alpha value is -2.14. The molecular formula is C15H19N3O2. The molecule has 1 heterocycles. The topological polar surface area (TPSA) is 56.3 Å². The minimum absolute atomic E-state index is 0.546. The monoisotopic (exact) mass is 273 g/mol. The average molecular weight is 273 g/mol. The SMILES string of the molecule is CCOCc1ccccc1CNc1nccc(OC)n1. The van der Waals surface area contributed by atoms with Crippen molar-refractivity contribution in [2.45, 2.75) is 20.1 Å². The van der Waals surface area contributed by atoms with E-state index >= 15 is 0 Å². The Labute approximate surface area is 119 Å². The molecule has 1 N–H and O–H groups in total. The predicted octanol–water partition coefficient (Wildman–Crippen LogP) is 2.63. The molecule has 0 radical (unpaired) electrons. The van der Waals surface area contributed by atoms with Crippen LogP contribution in [0.4, 0.5) is 5.95 Å². The number of benzene rings is 1. The quantitative estimate of drug-likeness (QED) is 0.840. The van der Waals surface area contributed by atoms with Crippen LogP contribution in [-0.4, -0.2) is 23.7 Å². The number of anilines is 1. The minimum atomic E-state index is 0.546. The smallest absolute Gasteiger partial charge is 0.226 e. The third-order valence-corrected chi connectivity index (χ3v) is 2.86. The van der Waals surface area contributed by atoms with Crippen molar-refractivity contribution >= 4 is 5.95 Å². The molecule has 0 amide bonds. The molecule has 0 saturated carbocycles. The van der Waals surface area contributed by atoms with Crippen molar-refractivity contribution in [3.8, 4) is 5.88 Å². The highest BCUT2D eigenvalue weighted by molar-refractivity contribution is 5.33. The van der Waals surface area contributed by atoms with Gasteiger partial charge in [-0.05, 0) is 18.1 Å². The lowest BCUT2D eigenvalue weighted by Crippen LogP contribution is -2.07. The van der Waals surface area contributed by atoms with Gasteiger partial charge in [-0.2, -0.15) is 4.98 Å². The molecule has 0 atom stereocenters. The normalized spacial score (nSPS) is 10.3. The van der Waals surface area contributed by atoms with Gasteiger partial charge in [0, 0.05) is 25.4 Å². The molecule has 0 aliphatic heterocycles. The van der Waals surface area contributed by atoms with Crippen LogP contribution in [0.5, 0.6) is 5.88 Å². The Morgan fingerprint density at radius 3 is 2.70 bits per heavy atom. The first kappa shape index (κ1) is 14.3. The van der Waals surface area contributed by atoms with E-state index in [2.05, 4.69) is 27.4 Å². The lowest BCUT2D eigenvalue weighted by atomic mass is 10.1. The van der Waals surface area contributed by atoms with Gasteiger partial charge in [-0.15, -0.1) is 0 Å². The number of rotatable bonds is 7. The maximum atomic E-state index is 5.47. The molecule has 2 rings (SSSR count). The van der Waals surface area contributed by atoms with Crippen LogP contribution in [0.3, 0.4) is 0 Å². The first-order valence-corrected chi connectivity index (χ1v) is 6.59. The van der Waals surface area contributed by atoms with E-state index in [1.54, 1.807) is 19.4 Å². The van der Waals surface area contributed by atoms with Gasteiger partial charge in [-0.25, -0.2) is 4.98 Å². The number of methoxy groups -OCH3 is 1. The molecule has 20 heavy (non-hydrogen) atoms. The Bertz CT molecular complexity index is 546. The summed E-state index contributed by atoms with van der Waals surface area (Å²) < 4.78 is 10.5. The molecule has 0 spiro atoms. The largest absolute Gasteiger partial charge is 0.481 e. The summed E-state index contributed by atoms with van der Waals surface area (Å²) in [4.78, 5) is 8.38. The van der Waals surface area contributed by atoms with Crippen molar-refractivity contribution in [3.05, 3.63) is 47.7 Å². The molecule has 0 aliphatic rings. The van der Waals surface area contributed by atoms with Crippen molar-refractivity contribution in [3.63, 3.8) is 0 Å². The van der Waals surface area contributed by atoms with Gasteiger partial charge >= 0.3 is 0 Å². The summed E-state index contributed by atoms with van der Waals surface area (Å²) in [5.41, 5.74) is 2.34.